The maximum absolute atomic E-state index is 12.6. The minimum absolute atomic E-state index is 0.0461. The quantitative estimate of drug-likeness (QED) is 0.723. The summed E-state index contributed by atoms with van der Waals surface area (Å²) in [5, 5.41) is 2.80. The Balaban J connectivity index is 1.65. The molecule has 1 saturated carbocycles. The predicted octanol–water partition coefficient (Wildman–Crippen LogP) is 2.45. The number of carbonyl (C=O) groups is 2. The van der Waals surface area contributed by atoms with E-state index in [-0.39, 0.29) is 29.8 Å². The highest BCUT2D eigenvalue weighted by molar-refractivity contribution is 5.82. The van der Waals surface area contributed by atoms with Crippen LogP contribution in [0.5, 0.6) is 0 Å². The number of alkyl halides is 2. The van der Waals surface area contributed by atoms with E-state index in [2.05, 4.69) is 19.2 Å². The van der Waals surface area contributed by atoms with Gasteiger partial charge in [0.15, 0.2) is 0 Å². The molecule has 1 saturated heterocycles. The van der Waals surface area contributed by atoms with Gasteiger partial charge >= 0.3 is 0 Å². The van der Waals surface area contributed by atoms with Crippen LogP contribution in [0, 0.1) is 17.3 Å². The SMILES string of the molecule is CCN(CCNC(=O)CC1CCC(C)(C)CO1)C(=O)[C@H]1C[C@@H]1C(F)F. The summed E-state index contributed by atoms with van der Waals surface area (Å²) < 4.78 is 30.9. The molecule has 1 aliphatic carbocycles. The van der Waals surface area contributed by atoms with Crippen LogP contribution in [0.15, 0.2) is 0 Å². The summed E-state index contributed by atoms with van der Waals surface area (Å²) in [7, 11) is 0. The summed E-state index contributed by atoms with van der Waals surface area (Å²) in [6.07, 6.45) is 0.0379. The van der Waals surface area contributed by atoms with Crippen molar-refractivity contribution >= 4 is 11.8 Å². The molecule has 2 aliphatic rings. The summed E-state index contributed by atoms with van der Waals surface area (Å²) in [5.41, 5.74) is 0.174. The van der Waals surface area contributed by atoms with E-state index in [1.807, 2.05) is 6.92 Å². The number of hydrogen-bond acceptors (Lipinski definition) is 3. The van der Waals surface area contributed by atoms with Crippen LogP contribution in [0.3, 0.4) is 0 Å². The third kappa shape index (κ3) is 5.90. The molecule has 25 heavy (non-hydrogen) atoms. The Bertz CT molecular complexity index is 475. The number of nitrogens with zero attached hydrogens (tertiary/aromatic N) is 1. The highest BCUT2D eigenvalue weighted by Gasteiger charge is 2.50. The molecule has 0 radical (unpaired) electrons. The molecule has 0 bridgehead atoms. The van der Waals surface area contributed by atoms with Gasteiger partial charge in [0, 0.05) is 31.5 Å². The number of likely N-dealkylation sites (N-methyl/N-ethyl adjacent to an activating group) is 1. The lowest BCUT2D eigenvalue weighted by Crippen LogP contribution is -2.41. The van der Waals surface area contributed by atoms with Crippen LogP contribution in [0.2, 0.25) is 0 Å². The summed E-state index contributed by atoms with van der Waals surface area (Å²) >= 11 is 0. The first-order valence-corrected chi connectivity index (χ1v) is 9.18. The Hall–Kier alpha value is -1.24. The summed E-state index contributed by atoms with van der Waals surface area (Å²) in [6, 6.07) is 0. The van der Waals surface area contributed by atoms with Crippen LogP contribution in [-0.2, 0) is 14.3 Å². The van der Waals surface area contributed by atoms with E-state index in [1.54, 1.807) is 4.90 Å². The van der Waals surface area contributed by atoms with Crippen LogP contribution >= 0.6 is 0 Å². The second-order valence-corrected chi connectivity index (χ2v) is 7.95. The predicted molar refractivity (Wildman–Crippen MR) is 90.2 cm³/mol. The normalized spacial score (nSPS) is 27.8. The minimum Gasteiger partial charge on any atom is -0.377 e. The zero-order valence-electron chi connectivity index (χ0n) is 15.4. The molecule has 5 nitrogen and oxygen atoms in total. The molecule has 2 fully saturated rings. The molecule has 0 aromatic carbocycles. The molecule has 1 N–H and O–H groups in total. The molecule has 2 amide bonds. The first-order valence-electron chi connectivity index (χ1n) is 9.18. The van der Waals surface area contributed by atoms with Gasteiger partial charge in [0.25, 0.3) is 0 Å². The molecular formula is C18H30F2N2O3. The Morgan fingerprint density at radius 2 is 2.08 bits per heavy atom. The van der Waals surface area contributed by atoms with E-state index >= 15 is 0 Å². The molecule has 1 heterocycles. The number of nitrogens with one attached hydrogen (secondary N) is 1. The van der Waals surface area contributed by atoms with Crippen molar-refractivity contribution in [1.82, 2.24) is 10.2 Å². The molecule has 1 unspecified atom stereocenters. The molecule has 1 aliphatic heterocycles. The van der Waals surface area contributed by atoms with Crippen LogP contribution in [0.25, 0.3) is 0 Å². The van der Waals surface area contributed by atoms with E-state index in [4.69, 9.17) is 4.74 Å². The van der Waals surface area contributed by atoms with Crippen molar-refractivity contribution in [3.05, 3.63) is 0 Å². The number of ether oxygens (including phenoxy) is 1. The van der Waals surface area contributed by atoms with E-state index in [0.717, 1.165) is 12.8 Å². The molecule has 7 heteroatoms. The van der Waals surface area contributed by atoms with Crippen molar-refractivity contribution in [3.8, 4) is 0 Å². The van der Waals surface area contributed by atoms with Crippen molar-refractivity contribution in [1.29, 1.82) is 0 Å². The van der Waals surface area contributed by atoms with Gasteiger partial charge in [-0.15, -0.1) is 0 Å². The number of amides is 2. The highest BCUT2D eigenvalue weighted by Crippen LogP contribution is 2.44. The molecule has 0 spiro atoms. The van der Waals surface area contributed by atoms with E-state index in [9.17, 15) is 18.4 Å². The molecule has 3 atom stereocenters. The topological polar surface area (TPSA) is 58.6 Å². The van der Waals surface area contributed by atoms with Crippen LogP contribution in [0.4, 0.5) is 8.78 Å². The van der Waals surface area contributed by atoms with Gasteiger partial charge in [-0.3, -0.25) is 9.59 Å². The van der Waals surface area contributed by atoms with Crippen molar-refractivity contribution in [2.45, 2.75) is 59.0 Å². The van der Waals surface area contributed by atoms with Crippen molar-refractivity contribution < 1.29 is 23.1 Å². The monoisotopic (exact) mass is 360 g/mol. The first-order chi connectivity index (χ1) is 11.7. The Labute approximate surface area is 148 Å². The minimum atomic E-state index is -2.42. The van der Waals surface area contributed by atoms with Gasteiger partial charge in [-0.2, -0.15) is 0 Å². The molecule has 0 aromatic heterocycles. The summed E-state index contributed by atoms with van der Waals surface area (Å²) in [6.45, 7) is 7.93. The zero-order valence-corrected chi connectivity index (χ0v) is 15.4. The molecule has 2 rings (SSSR count). The van der Waals surface area contributed by atoms with Crippen LogP contribution < -0.4 is 5.32 Å². The Kier molecular flexibility index (Phi) is 6.77. The average molecular weight is 360 g/mol. The van der Waals surface area contributed by atoms with Gasteiger partial charge in [-0.1, -0.05) is 13.8 Å². The van der Waals surface area contributed by atoms with Gasteiger partial charge in [0.05, 0.1) is 19.1 Å². The van der Waals surface area contributed by atoms with E-state index < -0.39 is 18.3 Å². The third-order valence-corrected chi connectivity index (χ3v) is 5.14. The number of rotatable bonds is 8. The second kappa shape index (κ2) is 8.43. The van der Waals surface area contributed by atoms with Gasteiger partial charge in [0.2, 0.25) is 18.2 Å². The van der Waals surface area contributed by atoms with Crippen LogP contribution in [0.1, 0.15) is 46.5 Å². The maximum atomic E-state index is 12.6. The van der Waals surface area contributed by atoms with Crippen molar-refractivity contribution in [2.24, 2.45) is 17.3 Å². The standard InChI is InChI=1S/C18H30F2N2O3/c1-4-22(17(24)14-10-13(14)16(19)20)8-7-21-15(23)9-12-5-6-18(2,3)11-25-12/h12-14,16H,4-11H2,1-3H3,(H,21,23)/t12?,13-,14-/m0/s1. The Morgan fingerprint density at radius 1 is 1.36 bits per heavy atom. The average Bonchev–Trinajstić information content (AvgIpc) is 3.34. The lowest BCUT2D eigenvalue weighted by molar-refractivity contribution is -0.134. The lowest BCUT2D eigenvalue weighted by atomic mass is 9.85. The smallest absolute Gasteiger partial charge is 0.242 e. The van der Waals surface area contributed by atoms with E-state index in [1.165, 1.54) is 0 Å². The van der Waals surface area contributed by atoms with Gasteiger partial charge in [-0.05, 0) is 31.6 Å². The summed E-state index contributed by atoms with van der Waals surface area (Å²) in [4.78, 5) is 25.7. The maximum Gasteiger partial charge on any atom is 0.242 e. The van der Waals surface area contributed by atoms with Crippen molar-refractivity contribution in [2.75, 3.05) is 26.2 Å². The van der Waals surface area contributed by atoms with Crippen LogP contribution in [-0.4, -0.2) is 55.5 Å². The zero-order chi connectivity index (χ0) is 18.6. The molecular weight excluding hydrogens is 330 g/mol. The first kappa shape index (κ1) is 20.1. The number of carbonyl (C=O) groups excluding carboxylic acids is 2. The fraction of sp³-hybridized carbons (Fsp3) is 0.889. The largest absolute Gasteiger partial charge is 0.377 e. The number of hydrogen-bond donors (Lipinski definition) is 1. The summed E-state index contributed by atoms with van der Waals surface area (Å²) in [5.74, 6) is -1.65. The van der Waals surface area contributed by atoms with E-state index in [0.29, 0.717) is 32.7 Å². The highest BCUT2D eigenvalue weighted by atomic mass is 19.3. The second-order valence-electron chi connectivity index (χ2n) is 7.95. The Morgan fingerprint density at radius 3 is 2.60 bits per heavy atom. The number of halogens is 2. The van der Waals surface area contributed by atoms with Crippen molar-refractivity contribution in [3.63, 3.8) is 0 Å². The molecule has 0 aromatic rings. The molecule has 144 valence electrons. The van der Waals surface area contributed by atoms with Gasteiger partial charge < -0.3 is 15.0 Å². The lowest BCUT2D eigenvalue weighted by Gasteiger charge is -2.34. The van der Waals surface area contributed by atoms with Gasteiger partial charge in [0.1, 0.15) is 0 Å². The fourth-order valence-electron chi connectivity index (χ4n) is 3.26. The van der Waals surface area contributed by atoms with Gasteiger partial charge in [-0.25, -0.2) is 8.78 Å². The third-order valence-electron chi connectivity index (χ3n) is 5.14. The fourth-order valence-corrected chi connectivity index (χ4v) is 3.26.